The minimum Gasteiger partial charge on any atom is -0.493 e. The lowest BCUT2D eigenvalue weighted by Crippen LogP contribution is -2.63. The molecule has 2 aromatic carbocycles. The molecule has 1 saturated heterocycles. The van der Waals surface area contributed by atoms with E-state index >= 15 is 0 Å². The SMILES string of the molecule is CCCN1CC(=O)N2C(Cc3c([nH]c4ccccc34)C2c2ccc(OC)c(OC)c2)C1=O. The molecule has 0 saturated carbocycles. The van der Waals surface area contributed by atoms with E-state index in [9.17, 15) is 9.59 Å². The molecule has 2 aliphatic heterocycles. The third kappa shape index (κ3) is 3.03. The van der Waals surface area contributed by atoms with E-state index in [0.29, 0.717) is 24.5 Å². The molecule has 1 fully saturated rings. The quantitative estimate of drug-likeness (QED) is 0.670. The van der Waals surface area contributed by atoms with E-state index < -0.39 is 12.1 Å². The van der Waals surface area contributed by atoms with Crippen LogP contribution in [0, 0.1) is 0 Å². The van der Waals surface area contributed by atoms with Crippen LogP contribution in [0.3, 0.4) is 0 Å². The van der Waals surface area contributed by atoms with Crippen LogP contribution < -0.4 is 9.47 Å². The number of fused-ring (bicyclic) bond motifs is 4. The van der Waals surface area contributed by atoms with E-state index in [1.54, 1.807) is 24.0 Å². The van der Waals surface area contributed by atoms with E-state index in [-0.39, 0.29) is 18.4 Å². The summed E-state index contributed by atoms with van der Waals surface area (Å²) in [4.78, 5) is 33.9. The van der Waals surface area contributed by atoms with Crippen LogP contribution in [0.1, 0.15) is 36.2 Å². The van der Waals surface area contributed by atoms with Crippen molar-refractivity contribution in [2.45, 2.75) is 31.8 Å². The fourth-order valence-corrected chi connectivity index (χ4v) is 5.15. The van der Waals surface area contributed by atoms with Gasteiger partial charge in [-0.25, -0.2) is 0 Å². The molecule has 2 aliphatic rings. The Morgan fingerprint density at radius 1 is 1.06 bits per heavy atom. The van der Waals surface area contributed by atoms with E-state index in [4.69, 9.17) is 9.47 Å². The summed E-state index contributed by atoms with van der Waals surface area (Å²) in [6, 6.07) is 12.9. The highest BCUT2D eigenvalue weighted by molar-refractivity contribution is 5.97. The Kier molecular flexibility index (Phi) is 5.04. The van der Waals surface area contributed by atoms with Gasteiger partial charge in [0, 0.05) is 29.6 Å². The second kappa shape index (κ2) is 7.89. The lowest BCUT2D eigenvalue weighted by atomic mass is 9.86. The van der Waals surface area contributed by atoms with Crippen molar-refractivity contribution in [3.8, 4) is 11.5 Å². The van der Waals surface area contributed by atoms with Crippen LogP contribution in [0.5, 0.6) is 11.5 Å². The zero-order valence-corrected chi connectivity index (χ0v) is 18.6. The van der Waals surface area contributed by atoms with Gasteiger partial charge in [0.1, 0.15) is 6.04 Å². The summed E-state index contributed by atoms with van der Waals surface area (Å²) >= 11 is 0. The Bertz CT molecular complexity index is 1200. The minimum atomic E-state index is -0.521. The predicted molar refractivity (Wildman–Crippen MR) is 121 cm³/mol. The van der Waals surface area contributed by atoms with Crippen molar-refractivity contribution in [1.29, 1.82) is 0 Å². The Hall–Kier alpha value is -3.48. The van der Waals surface area contributed by atoms with E-state index in [2.05, 4.69) is 11.1 Å². The molecule has 5 rings (SSSR count). The fourth-order valence-electron chi connectivity index (χ4n) is 5.15. The van der Waals surface area contributed by atoms with Crippen LogP contribution in [0.15, 0.2) is 42.5 Å². The van der Waals surface area contributed by atoms with Gasteiger partial charge in [0.2, 0.25) is 11.8 Å². The van der Waals surface area contributed by atoms with E-state index in [1.165, 1.54) is 0 Å². The number of carbonyl (C=O) groups excluding carboxylic acids is 2. The summed E-state index contributed by atoms with van der Waals surface area (Å²) in [5, 5.41) is 1.10. The number of aromatic amines is 1. The van der Waals surface area contributed by atoms with Gasteiger partial charge in [0.15, 0.2) is 11.5 Å². The van der Waals surface area contributed by atoms with Crippen molar-refractivity contribution in [1.82, 2.24) is 14.8 Å². The third-order valence-corrected chi connectivity index (χ3v) is 6.56. The molecule has 3 heterocycles. The van der Waals surface area contributed by atoms with Gasteiger partial charge < -0.3 is 24.3 Å². The molecule has 0 radical (unpaired) electrons. The first-order valence-corrected chi connectivity index (χ1v) is 11.0. The number of rotatable bonds is 5. The molecule has 7 heteroatoms. The van der Waals surface area contributed by atoms with Crippen molar-refractivity contribution < 1.29 is 19.1 Å². The molecule has 1 N–H and O–H groups in total. The highest BCUT2D eigenvalue weighted by Gasteiger charge is 2.48. The van der Waals surface area contributed by atoms with Gasteiger partial charge in [-0.3, -0.25) is 9.59 Å². The maximum Gasteiger partial charge on any atom is 0.246 e. The maximum absolute atomic E-state index is 13.4. The third-order valence-electron chi connectivity index (χ3n) is 6.56. The van der Waals surface area contributed by atoms with Gasteiger partial charge >= 0.3 is 0 Å². The van der Waals surface area contributed by atoms with Crippen molar-refractivity contribution in [3.05, 3.63) is 59.3 Å². The fraction of sp³-hybridized carbons (Fsp3) is 0.360. The largest absolute Gasteiger partial charge is 0.493 e. The molecule has 7 nitrogen and oxygen atoms in total. The molecule has 2 unspecified atom stereocenters. The molecule has 0 spiro atoms. The average Bonchev–Trinajstić information content (AvgIpc) is 3.19. The summed E-state index contributed by atoms with van der Waals surface area (Å²) in [5.41, 5.74) is 3.94. The zero-order valence-electron chi connectivity index (χ0n) is 18.6. The van der Waals surface area contributed by atoms with Crippen LogP contribution >= 0.6 is 0 Å². The number of para-hydroxylation sites is 1. The number of piperazine rings is 1. The Morgan fingerprint density at radius 3 is 2.59 bits per heavy atom. The first kappa shape index (κ1) is 20.4. The maximum atomic E-state index is 13.4. The molecular formula is C25H27N3O4. The molecule has 166 valence electrons. The molecule has 32 heavy (non-hydrogen) atoms. The lowest BCUT2D eigenvalue weighted by molar-refractivity contribution is -0.158. The first-order valence-electron chi connectivity index (χ1n) is 11.0. The monoisotopic (exact) mass is 433 g/mol. The average molecular weight is 434 g/mol. The van der Waals surface area contributed by atoms with Gasteiger partial charge in [-0.05, 0) is 35.7 Å². The van der Waals surface area contributed by atoms with Crippen LogP contribution in [0.25, 0.3) is 10.9 Å². The first-order chi connectivity index (χ1) is 15.6. The molecule has 2 atom stereocenters. The lowest BCUT2D eigenvalue weighted by Gasteiger charge is -2.47. The highest BCUT2D eigenvalue weighted by Crippen LogP contribution is 2.44. The number of hydrogen-bond donors (Lipinski definition) is 1. The normalized spacial score (nSPS) is 20.3. The molecular weight excluding hydrogens is 406 g/mol. The number of nitrogens with one attached hydrogen (secondary N) is 1. The van der Waals surface area contributed by atoms with Crippen molar-refractivity contribution >= 4 is 22.7 Å². The molecule has 2 amide bonds. The Labute approximate surface area is 186 Å². The molecule has 1 aromatic heterocycles. The summed E-state index contributed by atoms with van der Waals surface area (Å²) in [5.74, 6) is 1.20. The minimum absolute atomic E-state index is 0.0212. The van der Waals surface area contributed by atoms with Gasteiger partial charge in [-0.2, -0.15) is 0 Å². The molecule has 3 aromatic rings. The number of H-pyrrole nitrogens is 1. The Morgan fingerprint density at radius 2 is 1.84 bits per heavy atom. The standard InChI is InChI=1S/C25H27N3O4/c1-4-11-27-14-22(29)28-19(25(27)30)13-17-16-7-5-6-8-18(16)26-23(17)24(28)15-9-10-20(31-2)21(12-15)32-3/h5-10,12,19,24,26H,4,11,13-14H2,1-3H3. The predicted octanol–water partition coefficient (Wildman–Crippen LogP) is 3.28. The number of ether oxygens (including phenoxy) is 2. The second-order valence-corrected chi connectivity index (χ2v) is 8.36. The number of carbonyl (C=O) groups is 2. The number of hydrogen-bond acceptors (Lipinski definition) is 4. The number of aromatic nitrogens is 1. The number of benzene rings is 2. The van der Waals surface area contributed by atoms with Crippen molar-refractivity contribution in [2.75, 3.05) is 27.3 Å². The summed E-state index contributed by atoms with van der Waals surface area (Å²) in [7, 11) is 3.19. The van der Waals surface area contributed by atoms with Crippen molar-refractivity contribution in [2.24, 2.45) is 0 Å². The van der Waals surface area contributed by atoms with Crippen LogP contribution in [0.4, 0.5) is 0 Å². The number of methoxy groups -OCH3 is 2. The van der Waals surface area contributed by atoms with Crippen LogP contribution in [-0.2, 0) is 16.0 Å². The molecule has 0 aliphatic carbocycles. The van der Waals surface area contributed by atoms with Crippen molar-refractivity contribution in [3.63, 3.8) is 0 Å². The summed E-state index contributed by atoms with van der Waals surface area (Å²) < 4.78 is 10.9. The second-order valence-electron chi connectivity index (χ2n) is 8.36. The zero-order chi connectivity index (χ0) is 22.4. The van der Waals surface area contributed by atoms with Gasteiger partial charge in [0.05, 0.1) is 26.8 Å². The van der Waals surface area contributed by atoms with Gasteiger partial charge in [-0.15, -0.1) is 0 Å². The number of amides is 2. The summed E-state index contributed by atoms with van der Waals surface area (Å²) in [6.07, 6.45) is 1.33. The van der Waals surface area contributed by atoms with Gasteiger partial charge in [0.25, 0.3) is 0 Å². The van der Waals surface area contributed by atoms with Crippen LogP contribution in [0.2, 0.25) is 0 Å². The summed E-state index contributed by atoms with van der Waals surface area (Å²) in [6.45, 7) is 2.73. The van der Waals surface area contributed by atoms with Crippen LogP contribution in [-0.4, -0.2) is 59.9 Å². The number of nitrogens with zero attached hydrogens (tertiary/aromatic N) is 2. The Balaban J connectivity index is 1.71. The van der Waals surface area contributed by atoms with E-state index in [0.717, 1.165) is 34.1 Å². The smallest absolute Gasteiger partial charge is 0.246 e. The highest BCUT2D eigenvalue weighted by atomic mass is 16.5. The molecule has 0 bridgehead atoms. The topological polar surface area (TPSA) is 74.9 Å². The van der Waals surface area contributed by atoms with Gasteiger partial charge in [-0.1, -0.05) is 31.2 Å². The van der Waals surface area contributed by atoms with E-state index in [1.807, 2.05) is 43.3 Å².